The highest BCUT2D eigenvalue weighted by Gasteiger charge is 2.11. The van der Waals surface area contributed by atoms with Crippen LogP contribution in [0, 0.1) is 6.92 Å². The molecule has 0 nitrogen and oxygen atoms in total. The number of fused-ring (bicyclic) bond motifs is 5. The molecule has 4 aromatic rings. The molecule has 2 aromatic heterocycles. The molecule has 0 N–H and O–H groups in total. The average Bonchev–Trinajstić information content (AvgIpc) is 2.83. The Bertz CT molecular complexity index is 849. The zero-order valence-electron chi connectivity index (χ0n) is 9.36. The Labute approximate surface area is 107 Å². The fraction of sp³-hybridized carbons (Fsp3) is 0.0667. The van der Waals surface area contributed by atoms with Gasteiger partial charge in [0, 0.05) is 25.6 Å². The summed E-state index contributed by atoms with van der Waals surface area (Å²) < 4.78 is 4.26. The monoisotopic (exact) mass is 254 g/mol. The first-order valence-electron chi connectivity index (χ1n) is 5.63. The third-order valence-electron chi connectivity index (χ3n) is 3.17. The first kappa shape index (κ1) is 9.63. The lowest BCUT2D eigenvalue weighted by atomic mass is 10.1. The van der Waals surface area contributed by atoms with E-state index in [0.29, 0.717) is 0 Å². The second-order valence-electron chi connectivity index (χ2n) is 4.36. The van der Waals surface area contributed by atoms with Gasteiger partial charge in [-0.1, -0.05) is 30.3 Å². The molecule has 0 bridgehead atoms. The molecule has 0 aliphatic heterocycles. The van der Waals surface area contributed by atoms with Gasteiger partial charge in [-0.15, -0.1) is 22.7 Å². The smallest absolute Gasteiger partial charge is 0.0890 e. The van der Waals surface area contributed by atoms with E-state index < -0.39 is 0 Å². The number of thiophene rings is 2. The molecule has 0 spiro atoms. The molecule has 4 rings (SSSR count). The van der Waals surface area contributed by atoms with Crippen LogP contribution in [0.25, 0.3) is 29.6 Å². The molecule has 2 heterocycles. The van der Waals surface area contributed by atoms with Crippen molar-refractivity contribution < 1.29 is 0 Å². The van der Waals surface area contributed by atoms with E-state index >= 15 is 0 Å². The maximum atomic E-state index is 2.29. The minimum absolute atomic E-state index is 1.34. The van der Waals surface area contributed by atoms with Gasteiger partial charge in [0.05, 0.1) is 4.01 Å². The molecular formula is C15H10S2. The lowest BCUT2D eigenvalue weighted by molar-refractivity contribution is 1.52. The molecule has 17 heavy (non-hydrogen) atoms. The predicted octanol–water partition coefficient (Wildman–Crippen LogP) is 5.58. The van der Waals surface area contributed by atoms with Crippen molar-refractivity contribution >= 4 is 52.2 Å². The van der Waals surface area contributed by atoms with Gasteiger partial charge in [-0.05, 0) is 24.6 Å². The molecule has 0 saturated carbocycles. The van der Waals surface area contributed by atoms with Gasteiger partial charge < -0.3 is 0 Å². The lowest BCUT2D eigenvalue weighted by Gasteiger charge is -1.94. The third-order valence-corrected chi connectivity index (χ3v) is 5.58. The largest absolute Gasteiger partial charge is 0.124 e. The maximum absolute atomic E-state index is 2.29. The van der Waals surface area contributed by atoms with Crippen molar-refractivity contribution in [3.05, 3.63) is 48.0 Å². The standard InChI is InChI=1S/C15H10S2/c1-9-6-7-11-13(8-9)17-15-14(11)10-4-2-3-5-12(10)16-15/h2-8H,1H3. The lowest BCUT2D eigenvalue weighted by Crippen LogP contribution is -1.69. The van der Waals surface area contributed by atoms with Crippen LogP contribution in [0.5, 0.6) is 0 Å². The molecule has 0 atom stereocenters. The van der Waals surface area contributed by atoms with Gasteiger partial charge in [-0.25, -0.2) is 0 Å². The van der Waals surface area contributed by atoms with E-state index in [1.165, 1.54) is 35.1 Å². The summed E-state index contributed by atoms with van der Waals surface area (Å²) >= 11 is 3.83. The minimum Gasteiger partial charge on any atom is -0.124 e. The van der Waals surface area contributed by atoms with Gasteiger partial charge in [0.15, 0.2) is 0 Å². The average molecular weight is 254 g/mol. The number of aryl methyl sites for hydroxylation is 1. The summed E-state index contributed by atoms with van der Waals surface area (Å²) in [6.07, 6.45) is 0. The van der Waals surface area contributed by atoms with Crippen LogP contribution in [0.15, 0.2) is 42.5 Å². The molecule has 0 radical (unpaired) electrons. The van der Waals surface area contributed by atoms with E-state index in [2.05, 4.69) is 49.4 Å². The number of benzene rings is 2. The first-order valence-corrected chi connectivity index (χ1v) is 7.26. The summed E-state index contributed by atoms with van der Waals surface area (Å²) in [5, 5.41) is 4.27. The van der Waals surface area contributed by atoms with Crippen molar-refractivity contribution in [2.45, 2.75) is 6.92 Å². The summed E-state index contributed by atoms with van der Waals surface area (Å²) in [5.41, 5.74) is 1.34. The van der Waals surface area contributed by atoms with Gasteiger partial charge in [0.2, 0.25) is 0 Å². The van der Waals surface area contributed by atoms with Gasteiger partial charge in [0.1, 0.15) is 0 Å². The van der Waals surface area contributed by atoms with Crippen LogP contribution in [-0.4, -0.2) is 0 Å². The van der Waals surface area contributed by atoms with Crippen molar-refractivity contribution in [1.29, 1.82) is 0 Å². The minimum atomic E-state index is 1.34. The fourth-order valence-corrected chi connectivity index (χ4v) is 5.07. The van der Waals surface area contributed by atoms with Crippen molar-refractivity contribution in [3.63, 3.8) is 0 Å². The van der Waals surface area contributed by atoms with Crippen LogP contribution in [0.1, 0.15) is 5.56 Å². The molecule has 0 saturated heterocycles. The number of hydrogen-bond donors (Lipinski definition) is 0. The molecular weight excluding hydrogens is 244 g/mol. The van der Waals surface area contributed by atoms with Crippen LogP contribution in [0.2, 0.25) is 0 Å². The predicted molar refractivity (Wildman–Crippen MR) is 79.5 cm³/mol. The summed E-state index contributed by atoms with van der Waals surface area (Å²) in [6.45, 7) is 2.16. The Balaban J connectivity index is 2.31. The molecule has 0 aliphatic carbocycles. The second-order valence-corrected chi connectivity index (χ2v) is 6.73. The van der Waals surface area contributed by atoms with Crippen LogP contribution in [0.4, 0.5) is 0 Å². The van der Waals surface area contributed by atoms with E-state index in [-0.39, 0.29) is 0 Å². The summed E-state index contributed by atoms with van der Waals surface area (Å²) in [4.78, 5) is 0. The Morgan fingerprint density at radius 3 is 2.53 bits per heavy atom. The van der Waals surface area contributed by atoms with Crippen LogP contribution in [0.3, 0.4) is 0 Å². The Morgan fingerprint density at radius 1 is 0.824 bits per heavy atom. The SMILES string of the molecule is Cc1ccc2c(c1)sc1sc3ccccc3c12. The van der Waals surface area contributed by atoms with Gasteiger partial charge in [0.25, 0.3) is 0 Å². The van der Waals surface area contributed by atoms with Crippen molar-refractivity contribution in [3.8, 4) is 0 Å². The fourth-order valence-electron chi connectivity index (χ4n) is 2.37. The molecule has 2 aromatic carbocycles. The molecule has 2 heteroatoms. The van der Waals surface area contributed by atoms with E-state index in [9.17, 15) is 0 Å². The van der Waals surface area contributed by atoms with E-state index in [1.807, 2.05) is 22.7 Å². The summed E-state index contributed by atoms with van der Waals surface area (Å²) in [7, 11) is 0. The second kappa shape index (κ2) is 3.31. The van der Waals surface area contributed by atoms with Gasteiger partial charge in [-0.2, -0.15) is 0 Å². The van der Waals surface area contributed by atoms with E-state index in [0.717, 1.165) is 0 Å². The van der Waals surface area contributed by atoms with Gasteiger partial charge in [-0.3, -0.25) is 0 Å². The highest BCUT2D eigenvalue weighted by molar-refractivity contribution is 7.44. The highest BCUT2D eigenvalue weighted by Crippen LogP contribution is 2.43. The summed E-state index contributed by atoms with van der Waals surface area (Å²) in [5.74, 6) is 0. The Kier molecular flexibility index (Phi) is 1.88. The number of rotatable bonds is 0. The molecule has 82 valence electrons. The Hall–Kier alpha value is -1.38. The molecule has 0 fully saturated rings. The van der Waals surface area contributed by atoms with Gasteiger partial charge >= 0.3 is 0 Å². The quantitative estimate of drug-likeness (QED) is 0.384. The normalized spacial score (nSPS) is 11.8. The van der Waals surface area contributed by atoms with Crippen LogP contribution < -0.4 is 0 Å². The molecule has 0 unspecified atom stereocenters. The number of hydrogen-bond acceptors (Lipinski definition) is 2. The van der Waals surface area contributed by atoms with Crippen molar-refractivity contribution in [2.75, 3.05) is 0 Å². The zero-order valence-corrected chi connectivity index (χ0v) is 11.0. The third kappa shape index (κ3) is 1.28. The van der Waals surface area contributed by atoms with Crippen molar-refractivity contribution in [1.82, 2.24) is 0 Å². The van der Waals surface area contributed by atoms with E-state index in [1.54, 1.807) is 0 Å². The van der Waals surface area contributed by atoms with E-state index in [4.69, 9.17) is 0 Å². The van der Waals surface area contributed by atoms with Crippen molar-refractivity contribution in [2.24, 2.45) is 0 Å². The first-order chi connectivity index (χ1) is 8.33. The van der Waals surface area contributed by atoms with Crippen LogP contribution >= 0.6 is 22.7 Å². The van der Waals surface area contributed by atoms with Crippen LogP contribution in [-0.2, 0) is 0 Å². The zero-order chi connectivity index (χ0) is 11.4. The topological polar surface area (TPSA) is 0 Å². The highest BCUT2D eigenvalue weighted by atomic mass is 32.2. The molecule has 0 aliphatic rings. The Morgan fingerprint density at radius 2 is 1.59 bits per heavy atom. The molecule has 0 amide bonds. The maximum Gasteiger partial charge on any atom is 0.0890 e. The summed E-state index contributed by atoms with van der Waals surface area (Å²) in [6, 6.07) is 15.5.